The maximum absolute atomic E-state index is 14.4. The second kappa shape index (κ2) is 4.84. The maximum Gasteiger partial charge on any atom is 0.208 e. The Bertz CT molecular complexity index is 774. The fourth-order valence-corrected chi connectivity index (χ4v) is 2.47. The Morgan fingerprint density at radius 1 is 1.59 bits per heavy atom. The van der Waals surface area contributed by atoms with Gasteiger partial charge in [-0.05, 0) is 6.92 Å². The summed E-state index contributed by atoms with van der Waals surface area (Å²) < 4.78 is 20.9. The molecule has 10 heteroatoms. The molecule has 0 bridgehead atoms. The van der Waals surface area contributed by atoms with Crippen molar-refractivity contribution in [3.8, 4) is 6.07 Å². The number of nitrogens with two attached hydrogens (primary N) is 1. The Hall–Kier alpha value is -2.35. The summed E-state index contributed by atoms with van der Waals surface area (Å²) in [6, 6.07) is 1.62. The number of hydrogen-bond donors (Lipinski definition) is 3. The summed E-state index contributed by atoms with van der Waals surface area (Å²) in [6.07, 6.45) is -3.87. The minimum Gasteiger partial charge on any atom is -0.392 e. The van der Waals surface area contributed by atoms with Crippen LogP contribution in [0.5, 0.6) is 0 Å². The van der Waals surface area contributed by atoms with Crippen LogP contribution in [-0.2, 0) is 4.74 Å². The molecule has 1 aliphatic heterocycles. The summed E-state index contributed by atoms with van der Waals surface area (Å²) in [5.74, 6) is 0.485. The first-order chi connectivity index (χ1) is 10.4. The lowest BCUT2D eigenvalue weighted by molar-refractivity contribution is -0.0912. The van der Waals surface area contributed by atoms with Gasteiger partial charge in [0.1, 0.15) is 23.5 Å². The summed E-state index contributed by atoms with van der Waals surface area (Å²) >= 11 is 0. The molecular formula is C12H13FN6O3. The van der Waals surface area contributed by atoms with Crippen LogP contribution in [0.1, 0.15) is 12.1 Å². The molecule has 22 heavy (non-hydrogen) atoms. The van der Waals surface area contributed by atoms with E-state index in [1.165, 1.54) is 10.9 Å². The van der Waals surface area contributed by atoms with Gasteiger partial charge in [-0.2, -0.15) is 5.26 Å². The Labute approximate surface area is 123 Å². The van der Waals surface area contributed by atoms with Crippen molar-refractivity contribution in [3.63, 3.8) is 0 Å². The van der Waals surface area contributed by atoms with Crippen molar-refractivity contribution in [2.75, 3.05) is 12.3 Å². The van der Waals surface area contributed by atoms with Crippen molar-refractivity contribution in [1.82, 2.24) is 19.5 Å². The molecule has 0 radical (unpaired) electrons. The molecule has 0 aliphatic carbocycles. The molecule has 1 aliphatic rings. The number of nitriles is 1. The minimum atomic E-state index is -2.03. The average Bonchev–Trinajstić information content (AvgIpc) is 3.01. The molecule has 4 N–H and O–H groups in total. The molecule has 0 unspecified atom stereocenters. The number of ether oxygens (including phenoxy) is 1. The van der Waals surface area contributed by atoms with Crippen LogP contribution in [0.2, 0.25) is 0 Å². The van der Waals surface area contributed by atoms with E-state index in [0.29, 0.717) is 5.82 Å². The number of hydrogen-bond acceptors (Lipinski definition) is 8. The third-order valence-corrected chi connectivity index (χ3v) is 3.64. The van der Waals surface area contributed by atoms with Crippen molar-refractivity contribution in [2.24, 2.45) is 0 Å². The SMILES string of the molecule is Cc1nc(N)c2ncn([C@@H]3O[C@](C#N)(CO)[C@@H](O)[C@H]3F)c2n1. The zero-order chi connectivity index (χ0) is 16.1. The molecule has 116 valence electrons. The molecule has 0 aromatic carbocycles. The second-order valence-corrected chi connectivity index (χ2v) is 5.04. The van der Waals surface area contributed by atoms with Crippen molar-refractivity contribution < 1.29 is 19.3 Å². The number of imidazole rings is 1. The maximum atomic E-state index is 14.4. The number of halogens is 1. The lowest BCUT2D eigenvalue weighted by atomic mass is 9.99. The summed E-state index contributed by atoms with van der Waals surface area (Å²) in [4.78, 5) is 12.1. The van der Waals surface area contributed by atoms with E-state index in [1.807, 2.05) is 0 Å². The number of aryl methyl sites for hydroxylation is 1. The molecule has 2 aromatic rings. The van der Waals surface area contributed by atoms with Gasteiger partial charge in [-0.15, -0.1) is 0 Å². The van der Waals surface area contributed by atoms with Crippen LogP contribution in [0.25, 0.3) is 11.2 Å². The minimum absolute atomic E-state index is 0.129. The molecule has 1 fully saturated rings. The van der Waals surface area contributed by atoms with Crippen molar-refractivity contribution in [3.05, 3.63) is 12.2 Å². The van der Waals surface area contributed by atoms with Gasteiger partial charge in [-0.3, -0.25) is 4.57 Å². The Balaban J connectivity index is 2.11. The third kappa shape index (κ3) is 1.83. The van der Waals surface area contributed by atoms with Gasteiger partial charge < -0.3 is 20.7 Å². The summed E-state index contributed by atoms with van der Waals surface area (Å²) in [5, 5.41) is 28.3. The van der Waals surface area contributed by atoms with Gasteiger partial charge in [0.2, 0.25) is 5.60 Å². The average molecular weight is 308 g/mol. The molecular weight excluding hydrogens is 295 g/mol. The number of aliphatic hydroxyl groups is 2. The largest absolute Gasteiger partial charge is 0.392 e. The number of fused-ring (bicyclic) bond motifs is 1. The smallest absolute Gasteiger partial charge is 0.208 e. The fourth-order valence-electron chi connectivity index (χ4n) is 2.47. The van der Waals surface area contributed by atoms with Crippen LogP contribution in [0.4, 0.5) is 10.2 Å². The van der Waals surface area contributed by atoms with E-state index in [9.17, 15) is 14.6 Å². The number of aliphatic hydroxyl groups excluding tert-OH is 2. The normalized spacial score (nSPS) is 31.5. The van der Waals surface area contributed by atoms with Gasteiger partial charge in [0.25, 0.3) is 0 Å². The number of aromatic nitrogens is 4. The van der Waals surface area contributed by atoms with Crippen LogP contribution in [0.3, 0.4) is 0 Å². The summed E-state index contributed by atoms with van der Waals surface area (Å²) in [7, 11) is 0. The van der Waals surface area contributed by atoms with Crippen LogP contribution in [0, 0.1) is 18.3 Å². The zero-order valence-electron chi connectivity index (χ0n) is 11.5. The van der Waals surface area contributed by atoms with Crippen LogP contribution >= 0.6 is 0 Å². The van der Waals surface area contributed by atoms with E-state index >= 15 is 0 Å². The highest BCUT2D eigenvalue weighted by Gasteiger charge is 2.56. The lowest BCUT2D eigenvalue weighted by Gasteiger charge is -2.21. The van der Waals surface area contributed by atoms with Crippen molar-refractivity contribution >= 4 is 17.0 Å². The Morgan fingerprint density at radius 2 is 2.32 bits per heavy atom. The molecule has 1 saturated heterocycles. The van der Waals surface area contributed by atoms with Crippen molar-refractivity contribution in [2.45, 2.75) is 31.0 Å². The molecule has 4 atom stereocenters. The van der Waals surface area contributed by atoms with Crippen LogP contribution in [0.15, 0.2) is 6.33 Å². The molecule has 0 amide bonds. The number of nitrogens with zero attached hydrogens (tertiary/aromatic N) is 5. The lowest BCUT2D eigenvalue weighted by Crippen LogP contribution is -2.44. The van der Waals surface area contributed by atoms with Gasteiger partial charge in [-0.1, -0.05) is 0 Å². The number of rotatable bonds is 2. The first-order valence-electron chi connectivity index (χ1n) is 6.42. The predicted octanol–water partition coefficient (Wildman–Crippen LogP) is -0.801. The summed E-state index contributed by atoms with van der Waals surface area (Å²) in [6.45, 7) is 0.766. The molecule has 0 saturated carbocycles. The van der Waals surface area contributed by atoms with E-state index in [0.717, 1.165) is 0 Å². The number of alkyl halides is 1. The molecule has 9 nitrogen and oxygen atoms in total. The molecule has 2 aromatic heterocycles. The van der Waals surface area contributed by atoms with Gasteiger partial charge in [0, 0.05) is 0 Å². The monoisotopic (exact) mass is 308 g/mol. The van der Waals surface area contributed by atoms with Gasteiger partial charge in [-0.25, -0.2) is 19.3 Å². The number of anilines is 1. The first kappa shape index (κ1) is 14.6. The van der Waals surface area contributed by atoms with Crippen LogP contribution < -0.4 is 5.73 Å². The third-order valence-electron chi connectivity index (χ3n) is 3.64. The fraction of sp³-hybridized carbons (Fsp3) is 0.500. The molecule has 3 rings (SSSR count). The first-order valence-corrected chi connectivity index (χ1v) is 6.42. The highest BCUT2D eigenvalue weighted by Crippen LogP contribution is 2.39. The second-order valence-electron chi connectivity index (χ2n) is 5.04. The Morgan fingerprint density at radius 3 is 2.91 bits per heavy atom. The van der Waals surface area contributed by atoms with Gasteiger partial charge in [0.15, 0.2) is 23.9 Å². The van der Waals surface area contributed by atoms with E-state index in [2.05, 4.69) is 15.0 Å². The van der Waals surface area contributed by atoms with Crippen molar-refractivity contribution in [1.29, 1.82) is 5.26 Å². The van der Waals surface area contributed by atoms with E-state index < -0.39 is 30.7 Å². The van der Waals surface area contributed by atoms with Gasteiger partial charge >= 0.3 is 0 Å². The standard InChI is InChI=1S/C12H13FN6O3/c1-5-17-9(15)7-10(18-5)19(4-16-7)11-6(13)8(21)12(2-14,3-20)22-11/h4,6,8,11,20-21H,3H2,1H3,(H2,15,17,18)/t6-,8+,11-,12-/m1/s1. The quantitative estimate of drug-likeness (QED) is 0.654. The summed E-state index contributed by atoms with van der Waals surface area (Å²) in [5.41, 5.74) is 4.18. The van der Waals surface area contributed by atoms with Gasteiger partial charge in [0.05, 0.1) is 12.9 Å². The Kier molecular flexibility index (Phi) is 3.21. The molecule has 0 spiro atoms. The zero-order valence-corrected chi connectivity index (χ0v) is 11.5. The van der Waals surface area contributed by atoms with Crippen LogP contribution in [-0.4, -0.2) is 54.2 Å². The van der Waals surface area contributed by atoms with E-state index in [1.54, 1.807) is 13.0 Å². The number of nitrogen functional groups attached to an aromatic ring is 1. The predicted molar refractivity (Wildman–Crippen MR) is 70.9 cm³/mol. The highest BCUT2D eigenvalue weighted by atomic mass is 19.1. The van der Waals surface area contributed by atoms with E-state index in [-0.39, 0.29) is 17.0 Å². The molecule has 3 heterocycles. The topological polar surface area (TPSA) is 143 Å². The highest BCUT2D eigenvalue weighted by molar-refractivity contribution is 5.81. The van der Waals surface area contributed by atoms with E-state index in [4.69, 9.17) is 15.7 Å².